The van der Waals surface area contributed by atoms with E-state index in [1.165, 1.54) is 25.3 Å². The van der Waals surface area contributed by atoms with Crippen LogP contribution >= 0.6 is 15.9 Å². The first-order valence-corrected chi connectivity index (χ1v) is 8.53. The van der Waals surface area contributed by atoms with Gasteiger partial charge >= 0.3 is 0 Å². The van der Waals surface area contributed by atoms with Gasteiger partial charge in [0.2, 0.25) is 0 Å². The number of benzene rings is 1. The van der Waals surface area contributed by atoms with Gasteiger partial charge in [-0.15, -0.1) is 0 Å². The van der Waals surface area contributed by atoms with Crippen molar-refractivity contribution in [3.8, 4) is 11.5 Å². The van der Waals surface area contributed by atoms with Crippen molar-refractivity contribution >= 4 is 21.8 Å². The van der Waals surface area contributed by atoms with Crippen LogP contribution in [-0.2, 0) is 0 Å². The molecule has 0 radical (unpaired) electrons. The van der Waals surface area contributed by atoms with E-state index in [1.54, 1.807) is 19.2 Å². The van der Waals surface area contributed by atoms with Crippen LogP contribution in [0.25, 0.3) is 0 Å². The number of hydrogen-bond acceptors (Lipinski definition) is 3. The summed E-state index contributed by atoms with van der Waals surface area (Å²) in [6.45, 7) is 0.653. The van der Waals surface area contributed by atoms with Crippen molar-refractivity contribution in [1.29, 1.82) is 0 Å². The third-order valence-corrected chi connectivity index (χ3v) is 4.39. The monoisotopic (exact) mass is 355 g/mol. The van der Waals surface area contributed by atoms with Crippen LogP contribution in [0.5, 0.6) is 11.5 Å². The second kappa shape index (κ2) is 7.69. The Hall–Kier alpha value is -1.23. The van der Waals surface area contributed by atoms with Gasteiger partial charge in [-0.3, -0.25) is 4.79 Å². The van der Waals surface area contributed by atoms with Crippen LogP contribution < -0.4 is 4.74 Å². The lowest BCUT2D eigenvalue weighted by Gasteiger charge is -2.34. The molecule has 0 aliphatic heterocycles. The number of amides is 1. The number of ether oxygens (including phenoxy) is 1. The van der Waals surface area contributed by atoms with Crippen molar-refractivity contribution < 1.29 is 14.6 Å². The first kappa shape index (κ1) is 16.1. The van der Waals surface area contributed by atoms with Crippen molar-refractivity contribution in [3.05, 3.63) is 23.8 Å². The van der Waals surface area contributed by atoms with Crippen molar-refractivity contribution in [2.24, 2.45) is 0 Å². The summed E-state index contributed by atoms with van der Waals surface area (Å²) >= 11 is 3.42. The molecule has 0 saturated heterocycles. The van der Waals surface area contributed by atoms with E-state index in [1.807, 2.05) is 4.90 Å². The highest BCUT2D eigenvalue weighted by atomic mass is 79.9. The van der Waals surface area contributed by atoms with Crippen LogP contribution in [-0.4, -0.2) is 40.9 Å². The Labute approximate surface area is 134 Å². The Morgan fingerprint density at radius 3 is 2.71 bits per heavy atom. The number of methoxy groups -OCH3 is 1. The molecule has 4 nitrogen and oxygen atoms in total. The number of carbonyl (C=O) groups excluding carboxylic acids is 1. The molecule has 0 bridgehead atoms. The van der Waals surface area contributed by atoms with Crippen molar-refractivity contribution in [1.82, 2.24) is 4.90 Å². The molecule has 1 N–H and O–H groups in total. The van der Waals surface area contributed by atoms with Gasteiger partial charge in [-0.25, -0.2) is 0 Å². The largest absolute Gasteiger partial charge is 0.507 e. The summed E-state index contributed by atoms with van der Waals surface area (Å²) in [5, 5.41) is 10.7. The lowest BCUT2D eigenvalue weighted by atomic mass is 9.93. The van der Waals surface area contributed by atoms with E-state index in [9.17, 15) is 9.90 Å². The molecule has 116 valence electrons. The van der Waals surface area contributed by atoms with E-state index >= 15 is 0 Å². The smallest absolute Gasteiger partial charge is 0.258 e. The Morgan fingerprint density at radius 1 is 1.38 bits per heavy atom. The average molecular weight is 356 g/mol. The number of aromatic hydroxyl groups is 1. The van der Waals surface area contributed by atoms with Gasteiger partial charge in [0.05, 0.1) is 12.7 Å². The number of carbonyl (C=O) groups is 1. The minimum atomic E-state index is -0.113. The Bertz CT molecular complexity index is 486. The van der Waals surface area contributed by atoms with Crippen LogP contribution in [0, 0.1) is 0 Å². The second-order valence-corrected chi connectivity index (χ2v) is 6.16. The lowest BCUT2D eigenvalue weighted by Crippen LogP contribution is -2.42. The molecule has 1 aromatic carbocycles. The van der Waals surface area contributed by atoms with Crippen molar-refractivity contribution in [2.45, 2.75) is 38.1 Å². The third kappa shape index (κ3) is 3.90. The lowest BCUT2D eigenvalue weighted by molar-refractivity contribution is 0.0647. The molecule has 0 unspecified atom stereocenters. The van der Waals surface area contributed by atoms with E-state index in [4.69, 9.17) is 4.74 Å². The quantitative estimate of drug-likeness (QED) is 0.821. The Kier molecular flexibility index (Phi) is 5.91. The number of hydrogen-bond donors (Lipinski definition) is 1. The summed E-state index contributed by atoms with van der Waals surface area (Å²) in [6.07, 6.45) is 5.67. The van der Waals surface area contributed by atoms with E-state index < -0.39 is 0 Å². The highest BCUT2D eigenvalue weighted by Crippen LogP contribution is 2.28. The maximum Gasteiger partial charge on any atom is 0.258 e. The molecule has 1 aliphatic rings. The van der Waals surface area contributed by atoms with E-state index in [0.717, 1.165) is 18.2 Å². The van der Waals surface area contributed by atoms with Crippen LogP contribution in [0.3, 0.4) is 0 Å². The molecule has 0 atom stereocenters. The molecule has 0 spiro atoms. The summed E-state index contributed by atoms with van der Waals surface area (Å²) in [4.78, 5) is 14.7. The van der Waals surface area contributed by atoms with Crippen molar-refractivity contribution in [3.63, 3.8) is 0 Å². The SMILES string of the molecule is COc1ccc(O)c(C(=O)N(CCBr)C2CCCCC2)c1. The minimum Gasteiger partial charge on any atom is -0.507 e. The molecule has 0 heterocycles. The van der Waals surface area contributed by atoms with E-state index in [0.29, 0.717) is 17.9 Å². The topological polar surface area (TPSA) is 49.8 Å². The minimum absolute atomic E-state index is 0.0104. The molecular formula is C16H22BrNO3. The van der Waals surface area contributed by atoms with Gasteiger partial charge in [-0.05, 0) is 31.0 Å². The molecule has 1 amide bonds. The molecule has 1 aliphatic carbocycles. The van der Waals surface area contributed by atoms with Gasteiger partial charge in [0.1, 0.15) is 11.5 Å². The Morgan fingerprint density at radius 2 is 2.10 bits per heavy atom. The number of alkyl halides is 1. The first-order valence-electron chi connectivity index (χ1n) is 7.41. The normalized spacial score (nSPS) is 15.7. The molecule has 1 aromatic rings. The molecule has 2 rings (SSSR count). The zero-order chi connectivity index (χ0) is 15.2. The predicted octanol–water partition coefficient (Wildman–Crippen LogP) is 3.57. The maximum absolute atomic E-state index is 12.8. The average Bonchev–Trinajstić information content (AvgIpc) is 2.53. The number of nitrogens with zero attached hydrogens (tertiary/aromatic N) is 1. The first-order chi connectivity index (χ1) is 10.2. The summed E-state index contributed by atoms with van der Waals surface area (Å²) in [5.41, 5.74) is 0.320. The fraction of sp³-hybridized carbons (Fsp3) is 0.562. The third-order valence-electron chi connectivity index (χ3n) is 4.04. The van der Waals surface area contributed by atoms with Gasteiger partial charge in [0, 0.05) is 17.9 Å². The van der Waals surface area contributed by atoms with Crippen LogP contribution in [0.1, 0.15) is 42.5 Å². The number of rotatable bonds is 5. The van der Waals surface area contributed by atoms with E-state index in [-0.39, 0.29) is 17.7 Å². The van der Waals surface area contributed by atoms with E-state index in [2.05, 4.69) is 15.9 Å². The fourth-order valence-corrected chi connectivity index (χ4v) is 3.28. The van der Waals surface area contributed by atoms with Crippen molar-refractivity contribution in [2.75, 3.05) is 19.0 Å². The summed E-state index contributed by atoms with van der Waals surface area (Å²) in [5.74, 6) is 0.479. The zero-order valence-electron chi connectivity index (χ0n) is 12.3. The molecule has 1 saturated carbocycles. The highest BCUT2D eigenvalue weighted by molar-refractivity contribution is 9.09. The molecule has 1 fully saturated rings. The summed E-state index contributed by atoms with van der Waals surface area (Å²) in [7, 11) is 1.55. The summed E-state index contributed by atoms with van der Waals surface area (Å²) in [6, 6.07) is 5.05. The van der Waals surface area contributed by atoms with Crippen LogP contribution in [0.4, 0.5) is 0 Å². The molecule has 5 heteroatoms. The van der Waals surface area contributed by atoms with Crippen LogP contribution in [0.15, 0.2) is 18.2 Å². The zero-order valence-corrected chi connectivity index (χ0v) is 13.9. The standard InChI is InChI=1S/C16H22BrNO3/c1-21-13-7-8-15(19)14(11-13)16(20)18(10-9-17)12-5-3-2-4-6-12/h7-8,11-12,19H,2-6,9-10H2,1H3. The molecule has 0 aromatic heterocycles. The van der Waals surface area contributed by atoms with Gasteiger partial charge < -0.3 is 14.7 Å². The molecule has 21 heavy (non-hydrogen) atoms. The van der Waals surface area contributed by atoms with Gasteiger partial charge in [-0.1, -0.05) is 35.2 Å². The second-order valence-electron chi connectivity index (χ2n) is 5.36. The van der Waals surface area contributed by atoms with Gasteiger partial charge in [0.25, 0.3) is 5.91 Å². The molecular weight excluding hydrogens is 334 g/mol. The highest BCUT2D eigenvalue weighted by Gasteiger charge is 2.27. The predicted molar refractivity (Wildman–Crippen MR) is 86.4 cm³/mol. The van der Waals surface area contributed by atoms with Crippen LogP contribution in [0.2, 0.25) is 0 Å². The number of halogens is 1. The summed E-state index contributed by atoms with van der Waals surface area (Å²) < 4.78 is 5.15. The number of phenols is 1. The van der Waals surface area contributed by atoms with Gasteiger partial charge in [-0.2, -0.15) is 0 Å². The number of phenolic OH excluding ortho intramolecular Hbond substituents is 1. The maximum atomic E-state index is 12.8. The Balaban J connectivity index is 2.24. The van der Waals surface area contributed by atoms with Gasteiger partial charge in [0.15, 0.2) is 0 Å². The fourth-order valence-electron chi connectivity index (χ4n) is 2.90.